The van der Waals surface area contributed by atoms with Crippen molar-refractivity contribution in [2.24, 2.45) is 0 Å². The molecule has 21 heavy (non-hydrogen) atoms. The van der Waals surface area contributed by atoms with Gasteiger partial charge in [0, 0.05) is 17.7 Å². The molecule has 0 aliphatic heterocycles. The Morgan fingerprint density at radius 2 is 1.52 bits per heavy atom. The van der Waals surface area contributed by atoms with Gasteiger partial charge < -0.3 is 4.57 Å². The van der Waals surface area contributed by atoms with Crippen molar-refractivity contribution in [3.8, 4) is 22.5 Å². The highest BCUT2D eigenvalue weighted by atomic mass is 15.1. The molecule has 104 valence electrons. The first-order valence-corrected chi connectivity index (χ1v) is 7.06. The highest BCUT2D eigenvalue weighted by Crippen LogP contribution is 2.31. The first-order valence-electron chi connectivity index (χ1n) is 7.06. The zero-order chi connectivity index (χ0) is 14.7. The molecule has 2 aromatic carbocycles. The van der Waals surface area contributed by atoms with Gasteiger partial charge in [-0.1, -0.05) is 72.8 Å². The van der Waals surface area contributed by atoms with Gasteiger partial charge in [-0.05, 0) is 6.92 Å². The molecule has 2 nitrogen and oxygen atoms in total. The quantitative estimate of drug-likeness (QED) is 0.625. The fourth-order valence-corrected chi connectivity index (χ4v) is 2.50. The Morgan fingerprint density at radius 1 is 0.952 bits per heavy atom. The largest absolute Gasteiger partial charge is 0.326 e. The molecule has 0 bridgehead atoms. The Labute approximate surface area is 125 Å². The van der Waals surface area contributed by atoms with E-state index in [2.05, 4.69) is 52.5 Å². The van der Waals surface area contributed by atoms with E-state index in [1.807, 2.05) is 37.5 Å². The van der Waals surface area contributed by atoms with Crippen LogP contribution in [0.3, 0.4) is 0 Å². The second kappa shape index (κ2) is 5.80. The van der Waals surface area contributed by atoms with Gasteiger partial charge in [-0.25, -0.2) is 4.98 Å². The lowest BCUT2D eigenvalue weighted by Gasteiger charge is -2.10. The van der Waals surface area contributed by atoms with E-state index in [4.69, 9.17) is 0 Å². The van der Waals surface area contributed by atoms with Crippen molar-refractivity contribution in [1.82, 2.24) is 9.55 Å². The smallest absolute Gasteiger partial charge is 0.0963 e. The van der Waals surface area contributed by atoms with E-state index in [9.17, 15) is 0 Å². The molecule has 0 atom stereocenters. The van der Waals surface area contributed by atoms with Gasteiger partial charge in [0.1, 0.15) is 0 Å². The Balaban J connectivity index is 2.18. The summed E-state index contributed by atoms with van der Waals surface area (Å²) >= 11 is 0. The van der Waals surface area contributed by atoms with Crippen LogP contribution in [0.5, 0.6) is 0 Å². The molecular formula is C19H18N2. The lowest BCUT2D eigenvalue weighted by Crippen LogP contribution is -1.99. The minimum absolute atomic E-state index is 0.782. The van der Waals surface area contributed by atoms with E-state index in [1.165, 1.54) is 5.56 Å². The molecule has 0 N–H and O–H groups in total. The van der Waals surface area contributed by atoms with E-state index in [-0.39, 0.29) is 0 Å². The van der Waals surface area contributed by atoms with Crippen LogP contribution in [-0.2, 0) is 6.54 Å². The van der Waals surface area contributed by atoms with Gasteiger partial charge in [0.25, 0.3) is 0 Å². The molecule has 0 saturated carbocycles. The molecule has 0 radical (unpaired) electrons. The minimum atomic E-state index is 0.782. The molecule has 0 saturated heterocycles. The number of rotatable bonds is 4. The zero-order valence-electron chi connectivity index (χ0n) is 12.2. The van der Waals surface area contributed by atoms with Crippen molar-refractivity contribution in [3.63, 3.8) is 0 Å². The maximum Gasteiger partial charge on any atom is 0.0963 e. The van der Waals surface area contributed by atoms with Crippen molar-refractivity contribution in [2.75, 3.05) is 0 Å². The SMILES string of the molecule is C=C(C)Cn1cnc(-c2ccccc2)c1-c1ccccc1. The first kappa shape index (κ1) is 13.4. The lowest BCUT2D eigenvalue weighted by molar-refractivity contribution is 0.792. The zero-order valence-corrected chi connectivity index (χ0v) is 12.2. The van der Waals surface area contributed by atoms with Crippen LogP contribution in [0.2, 0.25) is 0 Å². The summed E-state index contributed by atoms with van der Waals surface area (Å²) in [5.41, 5.74) is 5.59. The van der Waals surface area contributed by atoms with Gasteiger partial charge >= 0.3 is 0 Å². The fraction of sp³-hybridized carbons (Fsp3) is 0.105. The topological polar surface area (TPSA) is 17.8 Å². The Kier molecular flexibility index (Phi) is 3.69. The highest BCUT2D eigenvalue weighted by molar-refractivity contribution is 5.78. The predicted octanol–water partition coefficient (Wildman–Crippen LogP) is 4.79. The van der Waals surface area contributed by atoms with E-state index in [0.717, 1.165) is 29.1 Å². The van der Waals surface area contributed by atoms with E-state index < -0.39 is 0 Å². The molecule has 2 heteroatoms. The molecule has 0 amide bonds. The van der Waals surface area contributed by atoms with Gasteiger partial charge in [-0.3, -0.25) is 0 Å². The molecule has 0 unspecified atom stereocenters. The van der Waals surface area contributed by atoms with Crippen LogP contribution in [0, 0.1) is 0 Å². The van der Waals surface area contributed by atoms with E-state index >= 15 is 0 Å². The fourth-order valence-electron chi connectivity index (χ4n) is 2.50. The molecule has 1 aromatic heterocycles. The van der Waals surface area contributed by atoms with Crippen LogP contribution in [0.4, 0.5) is 0 Å². The summed E-state index contributed by atoms with van der Waals surface area (Å²) in [6.07, 6.45) is 1.90. The second-order valence-electron chi connectivity index (χ2n) is 5.26. The summed E-state index contributed by atoms with van der Waals surface area (Å²) in [6.45, 7) is 6.84. The molecule has 0 aliphatic carbocycles. The van der Waals surface area contributed by atoms with Crippen molar-refractivity contribution in [2.45, 2.75) is 13.5 Å². The molecule has 3 aromatic rings. The third kappa shape index (κ3) is 2.79. The van der Waals surface area contributed by atoms with Gasteiger partial charge in [-0.15, -0.1) is 0 Å². The van der Waals surface area contributed by atoms with Gasteiger partial charge in [0.2, 0.25) is 0 Å². The molecular weight excluding hydrogens is 256 g/mol. The average molecular weight is 274 g/mol. The van der Waals surface area contributed by atoms with E-state index in [0.29, 0.717) is 0 Å². The maximum absolute atomic E-state index is 4.64. The van der Waals surface area contributed by atoms with Gasteiger partial charge in [0.05, 0.1) is 17.7 Å². The standard InChI is InChI=1S/C19H18N2/c1-15(2)13-21-14-20-18(16-9-5-3-6-10-16)19(21)17-11-7-4-8-12-17/h3-12,14H,1,13H2,2H3. The van der Waals surface area contributed by atoms with E-state index in [1.54, 1.807) is 0 Å². The third-order valence-corrected chi connectivity index (χ3v) is 3.37. The molecule has 0 aliphatic rings. The summed E-state index contributed by atoms with van der Waals surface area (Å²) in [4.78, 5) is 4.64. The molecule has 0 spiro atoms. The summed E-state index contributed by atoms with van der Waals surface area (Å²) in [5.74, 6) is 0. The number of hydrogen-bond donors (Lipinski definition) is 0. The molecule has 3 rings (SSSR count). The molecule has 1 heterocycles. The average Bonchev–Trinajstić information content (AvgIpc) is 2.92. The van der Waals surface area contributed by atoms with Crippen LogP contribution < -0.4 is 0 Å². The normalized spacial score (nSPS) is 10.5. The Bertz CT molecular complexity index is 740. The van der Waals surface area contributed by atoms with Crippen LogP contribution in [0.1, 0.15) is 6.92 Å². The number of hydrogen-bond acceptors (Lipinski definition) is 1. The summed E-state index contributed by atoms with van der Waals surface area (Å²) in [5, 5.41) is 0. The van der Waals surface area contributed by atoms with Crippen molar-refractivity contribution < 1.29 is 0 Å². The Hall–Kier alpha value is -2.61. The number of benzene rings is 2. The number of imidazole rings is 1. The van der Waals surface area contributed by atoms with Gasteiger partial charge in [0.15, 0.2) is 0 Å². The maximum atomic E-state index is 4.64. The van der Waals surface area contributed by atoms with Crippen LogP contribution in [0.15, 0.2) is 79.1 Å². The third-order valence-electron chi connectivity index (χ3n) is 3.37. The van der Waals surface area contributed by atoms with Crippen molar-refractivity contribution in [3.05, 3.63) is 79.1 Å². The predicted molar refractivity (Wildman–Crippen MR) is 87.9 cm³/mol. The summed E-state index contributed by atoms with van der Waals surface area (Å²) in [6, 6.07) is 20.7. The van der Waals surface area contributed by atoms with Crippen LogP contribution in [0.25, 0.3) is 22.5 Å². The number of allylic oxidation sites excluding steroid dienone is 1. The van der Waals surface area contributed by atoms with Gasteiger partial charge in [-0.2, -0.15) is 0 Å². The number of nitrogens with zero attached hydrogens (tertiary/aromatic N) is 2. The van der Waals surface area contributed by atoms with Crippen molar-refractivity contribution >= 4 is 0 Å². The second-order valence-corrected chi connectivity index (χ2v) is 5.26. The molecule has 0 fully saturated rings. The van der Waals surface area contributed by atoms with Crippen LogP contribution >= 0.6 is 0 Å². The monoisotopic (exact) mass is 274 g/mol. The van der Waals surface area contributed by atoms with Crippen molar-refractivity contribution in [1.29, 1.82) is 0 Å². The first-order chi connectivity index (χ1) is 10.3. The highest BCUT2D eigenvalue weighted by Gasteiger charge is 2.14. The van der Waals surface area contributed by atoms with Crippen LogP contribution in [-0.4, -0.2) is 9.55 Å². The summed E-state index contributed by atoms with van der Waals surface area (Å²) in [7, 11) is 0. The minimum Gasteiger partial charge on any atom is -0.326 e. The summed E-state index contributed by atoms with van der Waals surface area (Å²) < 4.78 is 2.17. The number of aromatic nitrogens is 2. The lowest BCUT2D eigenvalue weighted by atomic mass is 10.0. The Morgan fingerprint density at radius 3 is 2.10 bits per heavy atom.